The molecule has 4 heteroatoms. The molecule has 0 atom stereocenters. The Bertz CT molecular complexity index is 648. The highest BCUT2D eigenvalue weighted by molar-refractivity contribution is 6.33. The molecule has 0 spiro atoms. The molecule has 0 bridgehead atoms. The summed E-state index contributed by atoms with van der Waals surface area (Å²) in [5, 5.41) is 6.61. The Labute approximate surface area is 130 Å². The lowest BCUT2D eigenvalue weighted by molar-refractivity contribution is -0.114. The van der Waals surface area contributed by atoms with E-state index >= 15 is 0 Å². The van der Waals surface area contributed by atoms with E-state index in [1.807, 2.05) is 57.2 Å². The molecule has 0 aliphatic carbocycles. The van der Waals surface area contributed by atoms with E-state index in [1.165, 1.54) is 0 Å². The van der Waals surface area contributed by atoms with Crippen LogP contribution in [0.5, 0.6) is 0 Å². The highest BCUT2D eigenvalue weighted by Gasteiger charge is 2.08. The number of rotatable bonds is 4. The Balaban J connectivity index is 1.99. The van der Waals surface area contributed by atoms with Crippen molar-refractivity contribution in [3.63, 3.8) is 0 Å². The maximum Gasteiger partial charge on any atom is 0.243 e. The Morgan fingerprint density at radius 1 is 1.10 bits per heavy atom. The number of carbonyl (C=O) groups is 1. The van der Waals surface area contributed by atoms with Crippen molar-refractivity contribution in [2.75, 3.05) is 17.2 Å². The molecule has 0 aliphatic heterocycles. The maximum absolute atomic E-state index is 12.1. The second-order valence-electron chi connectivity index (χ2n) is 5.15. The summed E-state index contributed by atoms with van der Waals surface area (Å²) in [5.74, 6) is -0.0935. The van der Waals surface area contributed by atoms with Gasteiger partial charge in [0.25, 0.3) is 0 Å². The minimum atomic E-state index is -0.0935. The van der Waals surface area contributed by atoms with Gasteiger partial charge in [0.1, 0.15) is 0 Å². The van der Waals surface area contributed by atoms with Gasteiger partial charge in [-0.3, -0.25) is 4.79 Å². The fraction of sp³-hybridized carbons (Fsp3) is 0.235. The first-order valence-corrected chi connectivity index (χ1v) is 7.21. The molecule has 2 N–H and O–H groups in total. The highest BCUT2D eigenvalue weighted by atomic mass is 35.5. The van der Waals surface area contributed by atoms with Crippen LogP contribution in [-0.4, -0.2) is 12.5 Å². The van der Waals surface area contributed by atoms with Crippen LogP contribution in [0.4, 0.5) is 11.4 Å². The summed E-state index contributed by atoms with van der Waals surface area (Å²) in [7, 11) is 0. The van der Waals surface area contributed by atoms with Crippen molar-refractivity contribution in [2.24, 2.45) is 0 Å². The van der Waals surface area contributed by atoms with Crippen LogP contribution in [0.3, 0.4) is 0 Å². The zero-order chi connectivity index (χ0) is 15.4. The molecule has 0 aromatic heterocycles. The summed E-state index contributed by atoms with van der Waals surface area (Å²) >= 11 is 6.13. The maximum atomic E-state index is 12.1. The molecule has 2 rings (SSSR count). The summed E-state index contributed by atoms with van der Waals surface area (Å²) in [6.07, 6.45) is 0. The van der Waals surface area contributed by atoms with Crippen LogP contribution in [0.1, 0.15) is 16.7 Å². The van der Waals surface area contributed by atoms with Gasteiger partial charge in [0, 0.05) is 5.69 Å². The molecule has 0 saturated carbocycles. The molecule has 0 aliphatic rings. The molecule has 0 heterocycles. The molecule has 3 nitrogen and oxygen atoms in total. The molecular weight excluding hydrogens is 284 g/mol. The van der Waals surface area contributed by atoms with E-state index in [2.05, 4.69) is 10.6 Å². The van der Waals surface area contributed by atoms with Crippen LogP contribution in [0.15, 0.2) is 36.4 Å². The minimum absolute atomic E-state index is 0.0935. The standard InChI is InChI=1S/C17H19ClN2O/c1-11-7-8-15(14(18)9-11)19-10-16(21)20-17-12(2)5-4-6-13(17)3/h4-9,19H,10H2,1-3H3,(H,20,21). The van der Waals surface area contributed by atoms with Crippen LogP contribution in [0.25, 0.3) is 0 Å². The summed E-state index contributed by atoms with van der Waals surface area (Å²) in [5.41, 5.74) is 4.83. The highest BCUT2D eigenvalue weighted by Crippen LogP contribution is 2.23. The molecule has 1 amide bonds. The average molecular weight is 303 g/mol. The molecule has 21 heavy (non-hydrogen) atoms. The van der Waals surface area contributed by atoms with Gasteiger partial charge in [-0.05, 0) is 49.6 Å². The summed E-state index contributed by atoms with van der Waals surface area (Å²) in [6, 6.07) is 11.6. The molecule has 0 fully saturated rings. The van der Waals surface area contributed by atoms with E-state index in [0.717, 1.165) is 28.1 Å². The number of hydrogen-bond acceptors (Lipinski definition) is 2. The average Bonchev–Trinajstić information content (AvgIpc) is 2.42. The number of anilines is 2. The normalized spacial score (nSPS) is 10.3. The number of para-hydroxylation sites is 1. The predicted molar refractivity (Wildman–Crippen MR) is 89.2 cm³/mol. The summed E-state index contributed by atoms with van der Waals surface area (Å²) < 4.78 is 0. The van der Waals surface area contributed by atoms with Crippen LogP contribution in [0.2, 0.25) is 5.02 Å². The second-order valence-corrected chi connectivity index (χ2v) is 5.56. The lowest BCUT2D eigenvalue weighted by Gasteiger charge is -2.13. The number of hydrogen-bond donors (Lipinski definition) is 2. The van der Waals surface area contributed by atoms with Crippen molar-refractivity contribution in [3.8, 4) is 0 Å². The first-order chi connectivity index (χ1) is 9.97. The molecule has 2 aromatic rings. The third-order valence-electron chi connectivity index (χ3n) is 3.31. The van der Waals surface area contributed by atoms with E-state index in [0.29, 0.717) is 5.02 Å². The zero-order valence-electron chi connectivity index (χ0n) is 12.5. The van der Waals surface area contributed by atoms with Gasteiger partial charge < -0.3 is 10.6 Å². The molecule has 110 valence electrons. The van der Waals surface area contributed by atoms with Crippen molar-refractivity contribution in [3.05, 3.63) is 58.1 Å². The third-order valence-corrected chi connectivity index (χ3v) is 3.62. The van der Waals surface area contributed by atoms with E-state index in [9.17, 15) is 4.79 Å². The number of nitrogens with one attached hydrogen (secondary N) is 2. The van der Waals surface area contributed by atoms with Crippen molar-refractivity contribution in [1.29, 1.82) is 0 Å². The van der Waals surface area contributed by atoms with E-state index < -0.39 is 0 Å². The van der Waals surface area contributed by atoms with Crippen molar-refractivity contribution >= 4 is 28.9 Å². The van der Waals surface area contributed by atoms with Crippen molar-refractivity contribution in [2.45, 2.75) is 20.8 Å². The Hall–Kier alpha value is -2.00. The minimum Gasteiger partial charge on any atom is -0.375 e. The van der Waals surface area contributed by atoms with Gasteiger partial charge in [-0.15, -0.1) is 0 Å². The first-order valence-electron chi connectivity index (χ1n) is 6.83. The van der Waals surface area contributed by atoms with Gasteiger partial charge in [0.15, 0.2) is 0 Å². The first kappa shape index (κ1) is 15.4. The Kier molecular flexibility index (Phi) is 4.86. The smallest absolute Gasteiger partial charge is 0.243 e. The van der Waals surface area contributed by atoms with Gasteiger partial charge in [0.05, 0.1) is 17.3 Å². The summed E-state index contributed by atoms with van der Waals surface area (Å²) in [4.78, 5) is 12.1. The fourth-order valence-electron chi connectivity index (χ4n) is 2.13. The van der Waals surface area contributed by atoms with Gasteiger partial charge in [-0.2, -0.15) is 0 Å². The lowest BCUT2D eigenvalue weighted by atomic mass is 10.1. The molecule has 0 unspecified atom stereocenters. The monoisotopic (exact) mass is 302 g/mol. The number of aryl methyl sites for hydroxylation is 3. The molecule has 0 saturated heterocycles. The van der Waals surface area contributed by atoms with Gasteiger partial charge in [-0.1, -0.05) is 35.9 Å². The fourth-order valence-corrected chi connectivity index (χ4v) is 2.44. The number of amides is 1. The van der Waals surface area contributed by atoms with Crippen molar-refractivity contribution < 1.29 is 4.79 Å². The topological polar surface area (TPSA) is 41.1 Å². The second kappa shape index (κ2) is 6.64. The predicted octanol–water partition coefficient (Wildman–Crippen LogP) is 4.32. The summed E-state index contributed by atoms with van der Waals surface area (Å²) in [6.45, 7) is 6.11. The van der Waals surface area contributed by atoms with Crippen molar-refractivity contribution in [1.82, 2.24) is 0 Å². The third kappa shape index (κ3) is 3.99. The molecule has 2 aromatic carbocycles. The van der Waals surface area contributed by atoms with E-state index in [-0.39, 0.29) is 12.5 Å². The van der Waals surface area contributed by atoms with E-state index in [1.54, 1.807) is 0 Å². The lowest BCUT2D eigenvalue weighted by Crippen LogP contribution is -2.22. The van der Waals surface area contributed by atoms with Crippen LogP contribution < -0.4 is 10.6 Å². The van der Waals surface area contributed by atoms with Gasteiger partial charge in [-0.25, -0.2) is 0 Å². The number of carbonyl (C=O) groups excluding carboxylic acids is 1. The van der Waals surface area contributed by atoms with Crippen LogP contribution >= 0.6 is 11.6 Å². The largest absolute Gasteiger partial charge is 0.375 e. The quantitative estimate of drug-likeness (QED) is 0.883. The number of halogens is 1. The Morgan fingerprint density at radius 3 is 2.38 bits per heavy atom. The van der Waals surface area contributed by atoms with Crippen LogP contribution in [0, 0.1) is 20.8 Å². The number of benzene rings is 2. The van der Waals surface area contributed by atoms with E-state index in [4.69, 9.17) is 11.6 Å². The molecule has 0 radical (unpaired) electrons. The zero-order valence-corrected chi connectivity index (χ0v) is 13.2. The Morgan fingerprint density at radius 2 is 1.76 bits per heavy atom. The molecular formula is C17H19ClN2O. The van der Waals surface area contributed by atoms with Gasteiger partial charge >= 0.3 is 0 Å². The SMILES string of the molecule is Cc1ccc(NCC(=O)Nc2c(C)cccc2C)c(Cl)c1. The van der Waals surface area contributed by atoms with Gasteiger partial charge in [0.2, 0.25) is 5.91 Å². The van der Waals surface area contributed by atoms with Crippen LogP contribution in [-0.2, 0) is 4.79 Å².